The zero-order valence-electron chi connectivity index (χ0n) is 17.3. The fourth-order valence-corrected chi connectivity index (χ4v) is 2.14. The third kappa shape index (κ3) is 3.99. The molecule has 4 N–H and O–H groups in total. The Bertz CT molecular complexity index is 876. The monoisotopic (exact) mass is 374 g/mol. The molecule has 1 aliphatic heterocycles. The van der Waals surface area contributed by atoms with Crippen LogP contribution < -0.4 is 0 Å². The highest BCUT2D eigenvalue weighted by molar-refractivity contribution is 6.03. The summed E-state index contributed by atoms with van der Waals surface area (Å²) in [5, 5.41) is 38.4. The first kappa shape index (κ1) is 14.6. The lowest BCUT2D eigenvalue weighted by atomic mass is 9.99. The largest absolute Gasteiger partial charge is 0.479 e. The second-order valence-electron chi connectivity index (χ2n) is 5.11. The molecule has 10 nitrogen and oxygen atoms in total. The van der Waals surface area contributed by atoms with Crippen molar-refractivity contribution in [3.05, 3.63) is 35.3 Å². The van der Waals surface area contributed by atoms with E-state index in [1.807, 2.05) is 0 Å². The third-order valence-electron chi connectivity index (χ3n) is 3.41. The van der Waals surface area contributed by atoms with Gasteiger partial charge in [0.2, 0.25) is 6.29 Å². The van der Waals surface area contributed by atoms with Crippen molar-refractivity contribution >= 4 is 17.9 Å². The average Bonchev–Trinajstić information content (AvgIpc) is 2.68. The Morgan fingerprint density at radius 2 is 1.65 bits per heavy atom. The lowest BCUT2D eigenvalue weighted by Gasteiger charge is -2.37. The Hall–Kier alpha value is -2.53. The number of ether oxygens (including phenoxy) is 3. The van der Waals surface area contributed by atoms with Gasteiger partial charge in [0.15, 0.2) is 6.10 Å². The number of hydrogen-bond donors (Lipinski definition) is 4. The number of carbonyl (C=O) groups is 3. The van der Waals surface area contributed by atoms with Gasteiger partial charge in [0.05, 0.1) is 23.2 Å². The standard InChI is InChI=1S/C16H18O10/c1-2-24-14(22)7-5-3-4-6-8(7)15(23)26-16-11(19)9(17)10(18)12(25-16)13(20)21/h3-6,9-12,16-19H,2H2,1H3,(H,20,21)/t9-,10-,11+,12-,16-/m0/s1/i3D,4D,5D,6D. The molecule has 0 aromatic heterocycles. The van der Waals surface area contributed by atoms with Crippen LogP contribution >= 0.6 is 0 Å². The topological polar surface area (TPSA) is 160 Å². The van der Waals surface area contributed by atoms with Crippen molar-refractivity contribution in [3.8, 4) is 0 Å². The van der Waals surface area contributed by atoms with Gasteiger partial charge in [-0.05, 0) is 19.0 Å². The molecule has 1 heterocycles. The second kappa shape index (κ2) is 8.23. The van der Waals surface area contributed by atoms with E-state index in [1.165, 1.54) is 6.92 Å². The van der Waals surface area contributed by atoms with E-state index in [0.717, 1.165) is 0 Å². The van der Waals surface area contributed by atoms with Crippen molar-refractivity contribution in [1.29, 1.82) is 0 Å². The van der Waals surface area contributed by atoms with Gasteiger partial charge >= 0.3 is 17.9 Å². The van der Waals surface area contributed by atoms with E-state index in [2.05, 4.69) is 0 Å². The van der Waals surface area contributed by atoms with Gasteiger partial charge in [-0.2, -0.15) is 0 Å². The van der Waals surface area contributed by atoms with E-state index in [1.54, 1.807) is 0 Å². The summed E-state index contributed by atoms with van der Waals surface area (Å²) in [5.41, 5.74) is -1.78. The summed E-state index contributed by atoms with van der Waals surface area (Å²) in [6.45, 7) is 1.25. The van der Waals surface area contributed by atoms with Gasteiger partial charge in [-0.3, -0.25) is 0 Å². The molecule has 1 aromatic carbocycles. The van der Waals surface area contributed by atoms with Crippen molar-refractivity contribution in [3.63, 3.8) is 0 Å². The molecule has 5 atom stereocenters. The number of aliphatic carboxylic acids is 1. The van der Waals surface area contributed by atoms with Crippen LogP contribution in [0.25, 0.3) is 0 Å². The zero-order valence-corrected chi connectivity index (χ0v) is 13.3. The summed E-state index contributed by atoms with van der Waals surface area (Å²) in [4.78, 5) is 36.0. The number of benzene rings is 1. The van der Waals surface area contributed by atoms with Crippen LogP contribution in [-0.4, -0.2) is 75.6 Å². The summed E-state index contributed by atoms with van der Waals surface area (Å²) in [6, 6.07) is -3.53. The normalized spacial score (nSPS) is 30.4. The van der Waals surface area contributed by atoms with Crippen LogP contribution in [0.4, 0.5) is 0 Å². The van der Waals surface area contributed by atoms with Crippen LogP contribution in [0.1, 0.15) is 33.1 Å². The van der Waals surface area contributed by atoms with Crippen LogP contribution in [0, 0.1) is 0 Å². The molecular formula is C16H18O10. The minimum Gasteiger partial charge on any atom is -0.479 e. The van der Waals surface area contributed by atoms with Gasteiger partial charge in [0.25, 0.3) is 0 Å². The number of carboxylic acids is 1. The molecule has 1 aromatic rings. The molecule has 0 amide bonds. The number of carbonyl (C=O) groups excluding carboxylic acids is 2. The molecule has 26 heavy (non-hydrogen) atoms. The van der Waals surface area contributed by atoms with Crippen LogP contribution in [0.3, 0.4) is 0 Å². The first-order chi connectivity index (χ1) is 13.9. The third-order valence-corrected chi connectivity index (χ3v) is 3.41. The Labute approximate surface area is 153 Å². The Morgan fingerprint density at radius 3 is 2.19 bits per heavy atom. The van der Waals surface area contributed by atoms with Gasteiger partial charge in [0.1, 0.15) is 18.3 Å². The van der Waals surface area contributed by atoms with Crippen molar-refractivity contribution in [1.82, 2.24) is 0 Å². The second-order valence-corrected chi connectivity index (χ2v) is 5.11. The number of carboxylic acid groups (broad SMARTS) is 1. The highest BCUT2D eigenvalue weighted by atomic mass is 16.7. The van der Waals surface area contributed by atoms with Gasteiger partial charge in [0, 0.05) is 0 Å². The molecule has 1 aliphatic rings. The quantitative estimate of drug-likeness (QED) is 0.466. The molecular weight excluding hydrogens is 352 g/mol. The van der Waals surface area contributed by atoms with E-state index in [-0.39, 0.29) is 6.61 Å². The Morgan fingerprint density at radius 1 is 1.08 bits per heavy atom. The average molecular weight is 374 g/mol. The van der Waals surface area contributed by atoms with E-state index in [9.17, 15) is 29.7 Å². The maximum absolute atomic E-state index is 12.6. The molecule has 142 valence electrons. The molecule has 0 aliphatic carbocycles. The first-order valence-corrected chi connectivity index (χ1v) is 7.34. The van der Waals surface area contributed by atoms with Crippen molar-refractivity contribution < 1.29 is 54.5 Å². The van der Waals surface area contributed by atoms with Crippen LogP contribution in [0.15, 0.2) is 24.2 Å². The van der Waals surface area contributed by atoms with E-state index in [0.29, 0.717) is 0 Å². The summed E-state index contributed by atoms with van der Waals surface area (Å²) in [7, 11) is 0. The molecule has 2 rings (SSSR count). The van der Waals surface area contributed by atoms with E-state index < -0.39 is 83.9 Å². The molecule has 1 saturated heterocycles. The minimum atomic E-state index is -2.13. The molecule has 10 heteroatoms. The number of aliphatic hydroxyl groups excluding tert-OH is 3. The first-order valence-electron chi connectivity index (χ1n) is 9.34. The van der Waals surface area contributed by atoms with Crippen molar-refractivity contribution in [2.45, 2.75) is 37.6 Å². The molecule has 0 unspecified atom stereocenters. The van der Waals surface area contributed by atoms with E-state index >= 15 is 0 Å². The SMILES string of the molecule is [2H]c1c([2H])c([2H])c(C(=O)O[C@@H]2O[C@H](C(=O)O)[C@@H](O)[C@H](O)[C@H]2O)c(C(=O)OCC)c1[2H]. The predicted molar refractivity (Wildman–Crippen MR) is 82.1 cm³/mol. The maximum Gasteiger partial charge on any atom is 0.341 e. The fraction of sp³-hybridized carbons (Fsp3) is 0.438. The summed E-state index contributed by atoms with van der Waals surface area (Å²) >= 11 is 0. The molecule has 0 saturated carbocycles. The highest BCUT2D eigenvalue weighted by Crippen LogP contribution is 2.24. The number of rotatable bonds is 5. The van der Waals surface area contributed by atoms with Crippen molar-refractivity contribution in [2.75, 3.05) is 6.61 Å². The Kier molecular flexibility index (Phi) is 4.63. The minimum absolute atomic E-state index is 0.176. The van der Waals surface area contributed by atoms with Gasteiger partial charge in [-0.1, -0.05) is 12.1 Å². The summed E-state index contributed by atoms with van der Waals surface area (Å²) in [5.74, 6) is -4.56. The van der Waals surface area contributed by atoms with E-state index in [4.69, 9.17) is 24.8 Å². The molecule has 1 fully saturated rings. The number of hydrogen-bond acceptors (Lipinski definition) is 9. The molecule has 0 spiro atoms. The van der Waals surface area contributed by atoms with Gasteiger partial charge < -0.3 is 34.6 Å². The maximum atomic E-state index is 12.6. The zero-order chi connectivity index (χ0) is 22.9. The van der Waals surface area contributed by atoms with Crippen LogP contribution in [-0.2, 0) is 19.0 Å². The number of aliphatic hydroxyl groups is 3. The van der Waals surface area contributed by atoms with Gasteiger partial charge in [-0.15, -0.1) is 0 Å². The highest BCUT2D eigenvalue weighted by Gasteiger charge is 2.48. The molecule has 0 radical (unpaired) electrons. The van der Waals surface area contributed by atoms with Gasteiger partial charge in [-0.25, -0.2) is 14.4 Å². The lowest BCUT2D eigenvalue weighted by Crippen LogP contribution is -2.60. The van der Waals surface area contributed by atoms with Crippen LogP contribution in [0.5, 0.6) is 0 Å². The van der Waals surface area contributed by atoms with Crippen molar-refractivity contribution in [2.24, 2.45) is 0 Å². The molecule has 0 bridgehead atoms. The lowest BCUT2D eigenvalue weighted by molar-refractivity contribution is -0.278. The summed E-state index contributed by atoms with van der Waals surface area (Å²) < 4.78 is 45.4. The fourth-order valence-electron chi connectivity index (χ4n) is 2.14. The van der Waals surface area contributed by atoms with Crippen LogP contribution in [0.2, 0.25) is 0 Å². The Balaban J connectivity index is 2.48. The smallest absolute Gasteiger partial charge is 0.341 e. The number of esters is 2. The summed E-state index contributed by atoms with van der Waals surface area (Å²) in [6.07, 6.45) is -10.4. The predicted octanol–water partition coefficient (Wildman–Crippen LogP) is -1.09.